The van der Waals surface area contributed by atoms with Crippen molar-refractivity contribution in [3.8, 4) is 17.0 Å². The Bertz CT molecular complexity index is 1150. The molecule has 7 heteroatoms. The molecule has 2 heterocycles. The highest BCUT2D eigenvalue weighted by Crippen LogP contribution is 2.29. The molecule has 0 radical (unpaired) electrons. The molecule has 0 aliphatic heterocycles. The summed E-state index contributed by atoms with van der Waals surface area (Å²) in [6, 6.07) is 11.7. The lowest BCUT2D eigenvalue weighted by Gasteiger charge is -2.22. The van der Waals surface area contributed by atoms with E-state index in [0.29, 0.717) is 23.6 Å². The SMILES string of the molecule is COc1ncccc1-c1cnc(N)c(C(=O)N[C@H]2CCC[C@@H]2OCc2ccc(C)c(C)c2)c1. The zero-order chi connectivity index (χ0) is 23.4. The van der Waals surface area contributed by atoms with Crippen LogP contribution in [0.5, 0.6) is 5.88 Å². The number of nitrogens with one attached hydrogen (secondary N) is 1. The number of anilines is 1. The van der Waals surface area contributed by atoms with Gasteiger partial charge in [-0.1, -0.05) is 18.2 Å². The van der Waals surface area contributed by atoms with Crippen LogP contribution in [0.15, 0.2) is 48.8 Å². The monoisotopic (exact) mass is 446 g/mol. The molecule has 172 valence electrons. The second-order valence-electron chi connectivity index (χ2n) is 8.50. The van der Waals surface area contributed by atoms with Gasteiger partial charge in [-0.15, -0.1) is 0 Å². The van der Waals surface area contributed by atoms with Gasteiger partial charge in [0.25, 0.3) is 5.91 Å². The average Bonchev–Trinajstić information content (AvgIpc) is 3.26. The van der Waals surface area contributed by atoms with Gasteiger partial charge >= 0.3 is 0 Å². The van der Waals surface area contributed by atoms with E-state index in [-0.39, 0.29) is 23.9 Å². The van der Waals surface area contributed by atoms with Gasteiger partial charge in [-0.25, -0.2) is 9.97 Å². The van der Waals surface area contributed by atoms with Crippen LogP contribution < -0.4 is 15.8 Å². The van der Waals surface area contributed by atoms with Gasteiger partial charge in [0, 0.05) is 23.5 Å². The Kier molecular flexibility index (Phi) is 6.89. The number of amides is 1. The lowest BCUT2D eigenvalue weighted by Crippen LogP contribution is -2.41. The van der Waals surface area contributed by atoms with Crippen molar-refractivity contribution in [3.05, 3.63) is 71.0 Å². The summed E-state index contributed by atoms with van der Waals surface area (Å²) in [5, 5.41) is 3.12. The smallest absolute Gasteiger partial charge is 0.255 e. The Hall–Kier alpha value is -3.45. The Morgan fingerprint density at radius 3 is 2.79 bits per heavy atom. The molecule has 0 saturated heterocycles. The first-order valence-corrected chi connectivity index (χ1v) is 11.2. The number of ether oxygens (including phenoxy) is 2. The second kappa shape index (κ2) is 10.0. The van der Waals surface area contributed by atoms with Crippen molar-refractivity contribution in [2.75, 3.05) is 12.8 Å². The predicted molar refractivity (Wildman–Crippen MR) is 128 cm³/mol. The number of nitrogens with zero attached hydrogens (tertiary/aromatic N) is 2. The maximum atomic E-state index is 13.1. The zero-order valence-electron chi connectivity index (χ0n) is 19.3. The molecule has 1 aliphatic carbocycles. The highest BCUT2D eigenvalue weighted by Gasteiger charge is 2.30. The van der Waals surface area contributed by atoms with E-state index in [2.05, 4.69) is 47.3 Å². The maximum Gasteiger partial charge on any atom is 0.255 e. The van der Waals surface area contributed by atoms with Gasteiger partial charge in [0.15, 0.2) is 0 Å². The fourth-order valence-electron chi connectivity index (χ4n) is 4.21. The van der Waals surface area contributed by atoms with E-state index in [4.69, 9.17) is 15.2 Å². The number of nitrogen functional groups attached to an aromatic ring is 1. The summed E-state index contributed by atoms with van der Waals surface area (Å²) in [4.78, 5) is 21.6. The number of carbonyl (C=O) groups is 1. The normalized spacial score (nSPS) is 17.7. The number of hydrogen-bond acceptors (Lipinski definition) is 6. The van der Waals surface area contributed by atoms with Crippen molar-refractivity contribution in [2.24, 2.45) is 0 Å². The molecule has 1 aromatic carbocycles. The number of carbonyl (C=O) groups excluding carboxylic acids is 1. The summed E-state index contributed by atoms with van der Waals surface area (Å²) in [6.07, 6.45) is 6.02. The van der Waals surface area contributed by atoms with E-state index >= 15 is 0 Å². The fourth-order valence-corrected chi connectivity index (χ4v) is 4.21. The molecule has 1 saturated carbocycles. The number of methoxy groups -OCH3 is 1. The Morgan fingerprint density at radius 1 is 1.15 bits per heavy atom. The Morgan fingerprint density at radius 2 is 2.00 bits per heavy atom. The predicted octanol–water partition coefficient (Wildman–Crippen LogP) is 4.22. The third-order valence-corrected chi connectivity index (χ3v) is 6.24. The summed E-state index contributed by atoms with van der Waals surface area (Å²) < 4.78 is 11.5. The van der Waals surface area contributed by atoms with Gasteiger partial charge in [-0.3, -0.25) is 4.79 Å². The average molecular weight is 447 g/mol. The highest BCUT2D eigenvalue weighted by molar-refractivity contribution is 5.99. The minimum absolute atomic E-state index is 0.0358. The van der Waals surface area contributed by atoms with Crippen molar-refractivity contribution >= 4 is 11.7 Å². The molecule has 0 bridgehead atoms. The molecular weight excluding hydrogens is 416 g/mol. The summed E-state index contributed by atoms with van der Waals surface area (Å²) in [5.74, 6) is 0.395. The third kappa shape index (κ3) is 5.14. The topological polar surface area (TPSA) is 99.4 Å². The van der Waals surface area contributed by atoms with Crippen LogP contribution in [-0.4, -0.2) is 35.1 Å². The number of benzene rings is 1. The maximum absolute atomic E-state index is 13.1. The van der Waals surface area contributed by atoms with Crippen LogP contribution in [0.1, 0.15) is 46.3 Å². The third-order valence-electron chi connectivity index (χ3n) is 6.24. The van der Waals surface area contributed by atoms with Crippen LogP contribution in [0, 0.1) is 13.8 Å². The van der Waals surface area contributed by atoms with Crippen molar-refractivity contribution in [1.29, 1.82) is 0 Å². The molecule has 7 nitrogen and oxygen atoms in total. The number of pyridine rings is 2. The van der Waals surface area contributed by atoms with E-state index in [9.17, 15) is 4.79 Å². The molecule has 1 fully saturated rings. The largest absolute Gasteiger partial charge is 0.481 e. The van der Waals surface area contributed by atoms with Crippen LogP contribution in [0.2, 0.25) is 0 Å². The van der Waals surface area contributed by atoms with Gasteiger partial charge < -0.3 is 20.5 Å². The van der Waals surface area contributed by atoms with E-state index in [0.717, 1.165) is 30.4 Å². The molecule has 3 aromatic rings. The highest BCUT2D eigenvalue weighted by atomic mass is 16.5. The standard InChI is InChI=1S/C26H30N4O3/c1-16-9-10-18(12-17(16)2)15-33-23-8-4-7-22(23)30-25(31)21-13-19(14-29-24(21)27)20-6-5-11-28-26(20)32-3/h5-6,9-14,22-23H,4,7-8,15H2,1-3H3,(H2,27,29)(H,30,31)/t22-,23-/m0/s1. The lowest BCUT2D eigenvalue weighted by molar-refractivity contribution is 0.0272. The number of nitrogens with two attached hydrogens (primary N) is 1. The minimum atomic E-state index is -0.253. The van der Waals surface area contributed by atoms with E-state index in [1.165, 1.54) is 11.1 Å². The van der Waals surface area contributed by atoms with Crippen molar-refractivity contribution in [2.45, 2.75) is 51.9 Å². The number of aromatic nitrogens is 2. The summed E-state index contributed by atoms with van der Waals surface area (Å²) in [5.41, 5.74) is 11.5. The number of hydrogen-bond donors (Lipinski definition) is 2. The second-order valence-corrected chi connectivity index (χ2v) is 8.50. The summed E-state index contributed by atoms with van der Waals surface area (Å²) in [7, 11) is 1.56. The van der Waals surface area contributed by atoms with E-state index < -0.39 is 0 Å². The molecular formula is C26H30N4O3. The van der Waals surface area contributed by atoms with Crippen LogP contribution in [-0.2, 0) is 11.3 Å². The molecule has 1 amide bonds. The van der Waals surface area contributed by atoms with Gasteiger partial charge in [0.05, 0.1) is 31.4 Å². The molecule has 33 heavy (non-hydrogen) atoms. The van der Waals surface area contributed by atoms with Crippen molar-refractivity contribution in [3.63, 3.8) is 0 Å². The summed E-state index contributed by atoms with van der Waals surface area (Å²) >= 11 is 0. The molecule has 3 N–H and O–H groups in total. The molecule has 0 spiro atoms. The van der Waals surface area contributed by atoms with Gasteiger partial charge in [-0.2, -0.15) is 0 Å². The van der Waals surface area contributed by atoms with E-state index in [1.54, 1.807) is 25.6 Å². The van der Waals surface area contributed by atoms with Crippen molar-refractivity contribution in [1.82, 2.24) is 15.3 Å². The quantitative estimate of drug-likeness (QED) is 0.564. The van der Waals surface area contributed by atoms with Gasteiger partial charge in [0.1, 0.15) is 5.82 Å². The molecule has 1 aliphatic rings. The van der Waals surface area contributed by atoms with Crippen molar-refractivity contribution < 1.29 is 14.3 Å². The molecule has 4 rings (SSSR count). The zero-order valence-corrected chi connectivity index (χ0v) is 19.3. The Balaban J connectivity index is 1.46. The molecule has 2 atom stereocenters. The van der Waals surface area contributed by atoms with Crippen LogP contribution in [0.25, 0.3) is 11.1 Å². The van der Waals surface area contributed by atoms with Crippen LogP contribution in [0.4, 0.5) is 5.82 Å². The lowest BCUT2D eigenvalue weighted by atomic mass is 10.1. The van der Waals surface area contributed by atoms with Crippen LogP contribution in [0.3, 0.4) is 0 Å². The molecule has 0 unspecified atom stereocenters. The minimum Gasteiger partial charge on any atom is -0.481 e. The Labute approximate surface area is 194 Å². The summed E-state index contributed by atoms with van der Waals surface area (Å²) in [6.45, 7) is 4.73. The van der Waals surface area contributed by atoms with E-state index in [1.807, 2.05) is 12.1 Å². The first-order chi connectivity index (χ1) is 16.0. The van der Waals surface area contributed by atoms with Crippen LogP contribution >= 0.6 is 0 Å². The number of rotatable bonds is 7. The van der Waals surface area contributed by atoms with Gasteiger partial charge in [-0.05, 0) is 68.0 Å². The fraction of sp³-hybridized carbons (Fsp3) is 0.346. The molecule has 2 aromatic heterocycles. The first-order valence-electron chi connectivity index (χ1n) is 11.2. The number of aryl methyl sites for hydroxylation is 2. The first kappa shape index (κ1) is 22.7. The van der Waals surface area contributed by atoms with Gasteiger partial charge in [0.2, 0.25) is 5.88 Å².